The first-order valence-corrected chi connectivity index (χ1v) is 10.7. The van der Waals surface area contributed by atoms with E-state index in [1.807, 2.05) is 62.4 Å². The molecule has 0 unspecified atom stereocenters. The van der Waals surface area contributed by atoms with Crippen LogP contribution in [0.4, 0.5) is 0 Å². The molecule has 3 rings (SSSR count). The molecule has 0 aliphatic rings. The molecule has 3 aromatic carbocycles. The van der Waals surface area contributed by atoms with Gasteiger partial charge in [-0.15, -0.1) is 0 Å². The number of nitrogens with one attached hydrogen (secondary N) is 1. The molecule has 30 heavy (non-hydrogen) atoms. The fraction of sp³-hybridized carbons (Fsp3) is 0.308. The quantitative estimate of drug-likeness (QED) is 0.563. The first-order valence-electron chi connectivity index (χ1n) is 10.7. The zero-order valence-electron chi connectivity index (χ0n) is 17.8. The average molecular weight is 403 g/mol. The minimum Gasteiger partial charge on any atom is -0.355 e. The van der Waals surface area contributed by atoms with E-state index in [4.69, 9.17) is 0 Å². The van der Waals surface area contributed by atoms with E-state index >= 15 is 0 Å². The van der Waals surface area contributed by atoms with Crippen molar-refractivity contribution in [1.82, 2.24) is 10.2 Å². The Morgan fingerprint density at radius 2 is 1.60 bits per heavy atom. The molecule has 1 atom stereocenters. The van der Waals surface area contributed by atoms with Gasteiger partial charge in [-0.25, -0.2) is 0 Å². The molecule has 0 spiro atoms. The van der Waals surface area contributed by atoms with Crippen molar-refractivity contribution in [2.45, 2.75) is 45.7 Å². The molecule has 0 saturated heterocycles. The average Bonchev–Trinajstić information content (AvgIpc) is 2.78. The molecule has 0 aliphatic heterocycles. The third-order valence-electron chi connectivity index (χ3n) is 5.42. The molecule has 3 aromatic rings. The van der Waals surface area contributed by atoms with E-state index in [9.17, 15) is 9.59 Å². The van der Waals surface area contributed by atoms with E-state index in [1.165, 1.54) is 10.8 Å². The Balaban J connectivity index is 1.80. The van der Waals surface area contributed by atoms with Crippen LogP contribution in [0.2, 0.25) is 0 Å². The fourth-order valence-corrected chi connectivity index (χ4v) is 3.89. The summed E-state index contributed by atoms with van der Waals surface area (Å²) in [6.07, 6.45) is 1.60. The van der Waals surface area contributed by atoms with Gasteiger partial charge in [0, 0.05) is 19.5 Å². The van der Waals surface area contributed by atoms with Crippen molar-refractivity contribution in [1.29, 1.82) is 0 Å². The molecule has 4 heteroatoms. The monoisotopic (exact) mass is 402 g/mol. The Hall–Kier alpha value is -3.14. The molecule has 0 saturated carbocycles. The van der Waals surface area contributed by atoms with Crippen LogP contribution in [-0.2, 0) is 22.6 Å². The minimum absolute atomic E-state index is 0.00453. The first-order chi connectivity index (χ1) is 14.6. The second kappa shape index (κ2) is 10.6. The highest BCUT2D eigenvalue weighted by Gasteiger charge is 2.28. The van der Waals surface area contributed by atoms with E-state index < -0.39 is 6.04 Å². The van der Waals surface area contributed by atoms with E-state index in [1.54, 1.807) is 4.90 Å². The Bertz CT molecular complexity index is 979. The molecule has 0 fully saturated rings. The van der Waals surface area contributed by atoms with Crippen molar-refractivity contribution in [3.63, 3.8) is 0 Å². The number of nitrogens with zero attached hydrogens (tertiary/aromatic N) is 1. The summed E-state index contributed by atoms with van der Waals surface area (Å²) in [5.74, 6) is -0.0840. The number of carbonyl (C=O) groups excluding carboxylic acids is 2. The van der Waals surface area contributed by atoms with E-state index in [0.29, 0.717) is 32.4 Å². The molecule has 0 radical (unpaired) electrons. The molecule has 156 valence electrons. The van der Waals surface area contributed by atoms with Crippen LogP contribution in [-0.4, -0.2) is 29.3 Å². The van der Waals surface area contributed by atoms with Gasteiger partial charge in [-0.3, -0.25) is 9.59 Å². The molecule has 1 N–H and O–H groups in total. The molecule has 0 aliphatic carbocycles. The van der Waals surface area contributed by atoms with Crippen molar-refractivity contribution in [3.8, 4) is 0 Å². The van der Waals surface area contributed by atoms with Gasteiger partial charge in [0.05, 0.1) is 0 Å². The lowest BCUT2D eigenvalue weighted by atomic mass is 10.00. The highest BCUT2D eigenvalue weighted by atomic mass is 16.2. The Kier molecular flexibility index (Phi) is 7.61. The maximum Gasteiger partial charge on any atom is 0.242 e. The van der Waals surface area contributed by atoms with E-state index in [2.05, 4.69) is 29.6 Å². The first kappa shape index (κ1) is 21.6. The second-order valence-electron chi connectivity index (χ2n) is 7.46. The summed E-state index contributed by atoms with van der Waals surface area (Å²) in [6, 6.07) is 23.8. The topological polar surface area (TPSA) is 49.4 Å². The predicted octanol–water partition coefficient (Wildman–Crippen LogP) is 4.72. The van der Waals surface area contributed by atoms with Gasteiger partial charge in [-0.05, 0) is 41.7 Å². The summed E-state index contributed by atoms with van der Waals surface area (Å²) in [5.41, 5.74) is 2.19. The number of hydrogen-bond donors (Lipinski definition) is 1. The largest absolute Gasteiger partial charge is 0.355 e. The zero-order chi connectivity index (χ0) is 21.3. The van der Waals surface area contributed by atoms with Crippen LogP contribution in [0.3, 0.4) is 0 Å². The van der Waals surface area contributed by atoms with Gasteiger partial charge < -0.3 is 10.2 Å². The van der Waals surface area contributed by atoms with E-state index in [0.717, 1.165) is 11.1 Å². The summed E-state index contributed by atoms with van der Waals surface area (Å²) in [7, 11) is 0. The van der Waals surface area contributed by atoms with Gasteiger partial charge in [0.15, 0.2) is 0 Å². The van der Waals surface area contributed by atoms with Gasteiger partial charge in [-0.1, -0.05) is 79.7 Å². The van der Waals surface area contributed by atoms with Crippen molar-refractivity contribution in [2.75, 3.05) is 6.54 Å². The zero-order valence-corrected chi connectivity index (χ0v) is 17.8. The summed E-state index contributed by atoms with van der Waals surface area (Å²) in [4.78, 5) is 27.7. The summed E-state index contributed by atoms with van der Waals surface area (Å²) >= 11 is 0. The normalized spacial score (nSPS) is 11.8. The minimum atomic E-state index is -0.467. The SMILES string of the molecule is CCNC(=O)[C@H](CC)N(Cc1ccccc1)C(=O)CCc1cccc2ccccc12. The van der Waals surface area contributed by atoms with Crippen molar-refractivity contribution in [2.24, 2.45) is 0 Å². The number of hydrogen-bond acceptors (Lipinski definition) is 2. The summed E-state index contributed by atoms with van der Waals surface area (Å²) in [6.45, 7) is 4.84. The predicted molar refractivity (Wildman–Crippen MR) is 122 cm³/mol. The number of amides is 2. The summed E-state index contributed by atoms with van der Waals surface area (Å²) in [5, 5.41) is 5.24. The second-order valence-corrected chi connectivity index (χ2v) is 7.46. The lowest BCUT2D eigenvalue weighted by Gasteiger charge is -2.30. The third kappa shape index (κ3) is 5.26. The fourth-order valence-electron chi connectivity index (χ4n) is 3.89. The Morgan fingerprint density at radius 1 is 0.900 bits per heavy atom. The maximum atomic E-state index is 13.3. The van der Waals surface area contributed by atoms with Gasteiger partial charge in [0.25, 0.3) is 0 Å². The van der Waals surface area contributed by atoms with Gasteiger partial charge >= 0.3 is 0 Å². The van der Waals surface area contributed by atoms with Crippen LogP contribution >= 0.6 is 0 Å². The van der Waals surface area contributed by atoms with Crippen LogP contribution in [0, 0.1) is 0 Å². The van der Waals surface area contributed by atoms with Crippen LogP contribution in [0.15, 0.2) is 72.8 Å². The van der Waals surface area contributed by atoms with Gasteiger partial charge in [0.1, 0.15) is 6.04 Å². The highest BCUT2D eigenvalue weighted by Crippen LogP contribution is 2.21. The number of fused-ring (bicyclic) bond motifs is 1. The number of aryl methyl sites for hydroxylation is 1. The van der Waals surface area contributed by atoms with Crippen molar-refractivity contribution >= 4 is 22.6 Å². The van der Waals surface area contributed by atoms with Crippen LogP contribution in [0.1, 0.15) is 37.8 Å². The van der Waals surface area contributed by atoms with Crippen LogP contribution in [0.25, 0.3) is 10.8 Å². The van der Waals surface area contributed by atoms with Gasteiger partial charge in [0.2, 0.25) is 11.8 Å². The Morgan fingerprint density at radius 3 is 2.33 bits per heavy atom. The third-order valence-corrected chi connectivity index (χ3v) is 5.42. The number of rotatable bonds is 9. The number of carbonyl (C=O) groups is 2. The molecule has 0 aromatic heterocycles. The molecular weight excluding hydrogens is 372 g/mol. The molecule has 0 heterocycles. The Labute approximate surface area is 178 Å². The summed E-state index contributed by atoms with van der Waals surface area (Å²) < 4.78 is 0. The smallest absolute Gasteiger partial charge is 0.242 e. The standard InChI is InChI=1S/C26H30N2O2/c1-3-24(26(30)27-4-2)28(19-20-11-6-5-7-12-20)25(29)18-17-22-15-10-14-21-13-8-9-16-23(21)22/h5-16,24H,3-4,17-19H2,1-2H3,(H,27,30)/t24-/m0/s1. The lowest BCUT2D eigenvalue weighted by molar-refractivity contribution is -0.141. The van der Waals surface area contributed by atoms with Gasteiger partial charge in [-0.2, -0.15) is 0 Å². The van der Waals surface area contributed by atoms with E-state index in [-0.39, 0.29) is 11.8 Å². The molecular formula is C26H30N2O2. The highest BCUT2D eigenvalue weighted by molar-refractivity contribution is 5.89. The molecule has 2 amide bonds. The van der Waals surface area contributed by atoms with Crippen molar-refractivity contribution < 1.29 is 9.59 Å². The lowest BCUT2D eigenvalue weighted by Crippen LogP contribution is -2.49. The van der Waals surface area contributed by atoms with Crippen molar-refractivity contribution in [3.05, 3.63) is 83.9 Å². The van der Waals surface area contributed by atoms with Crippen LogP contribution < -0.4 is 5.32 Å². The maximum absolute atomic E-state index is 13.3. The molecule has 4 nitrogen and oxygen atoms in total. The molecule has 0 bridgehead atoms. The van der Waals surface area contributed by atoms with Crippen LogP contribution in [0.5, 0.6) is 0 Å². The number of likely N-dealkylation sites (N-methyl/N-ethyl adjacent to an activating group) is 1. The number of benzene rings is 3.